The SMILES string of the molecule is CCOC(=O)CC(=O)OC1CC(C)(C)CCCC1C. The highest BCUT2D eigenvalue weighted by molar-refractivity contribution is 5.91. The van der Waals surface area contributed by atoms with Crippen LogP contribution in [0.15, 0.2) is 0 Å². The fourth-order valence-electron chi connectivity index (χ4n) is 2.63. The first-order valence-corrected chi connectivity index (χ1v) is 7.19. The molecule has 1 fully saturated rings. The standard InChI is InChI=1S/C15H26O4/c1-5-18-13(16)9-14(17)19-12-10-15(3,4)8-6-7-11(12)2/h11-12H,5-10H2,1-4H3. The summed E-state index contributed by atoms with van der Waals surface area (Å²) in [7, 11) is 0. The molecule has 0 amide bonds. The summed E-state index contributed by atoms with van der Waals surface area (Å²) in [6.45, 7) is 8.54. The summed E-state index contributed by atoms with van der Waals surface area (Å²) in [5.74, 6) is -0.617. The number of ether oxygens (including phenoxy) is 2. The van der Waals surface area contributed by atoms with Crippen molar-refractivity contribution in [2.24, 2.45) is 11.3 Å². The number of esters is 2. The van der Waals surface area contributed by atoms with Crippen LogP contribution in [0.2, 0.25) is 0 Å². The zero-order chi connectivity index (χ0) is 14.5. The minimum absolute atomic E-state index is 0.0839. The van der Waals surface area contributed by atoms with Crippen LogP contribution in [0.3, 0.4) is 0 Å². The molecule has 1 rings (SSSR count). The van der Waals surface area contributed by atoms with Gasteiger partial charge in [0.15, 0.2) is 0 Å². The lowest BCUT2D eigenvalue weighted by Crippen LogP contribution is -2.29. The zero-order valence-corrected chi connectivity index (χ0v) is 12.5. The van der Waals surface area contributed by atoms with Crippen molar-refractivity contribution < 1.29 is 19.1 Å². The van der Waals surface area contributed by atoms with Crippen LogP contribution in [-0.4, -0.2) is 24.6 Å². The third-order valence-electron chi connectivity index (χ3n) is 3.78. The quantitative estimate of drug-likeness (QED) is 0.447. The van der Waals surface area contributed by atoms with E-state index in [-0.39, 0.29) is 17.9 Å². The lowest BCUT2D eigenvalue weighted by atomic mass is 9.83. The number of carbonyl (C=O) groups excluding carboxylic acids is 2. The Labute approximate surface area is 115 Å². The van der Waals surface area contributed by atoms with E-state index < -0.39 is 11.9 Å². The van der Waals surface area contributed by atoms with Crippen LogP contribution >= 0.6 is 0 Å². The van der Waals surface area contributed by atoms with Gasteiger partial charge in [0.2, 0.25) is 0 Å². The van der Waals surface area contributed by atoms with Crippen molar-refractivity contribution in [1.82, 2.24) is 0 Å². The van der Waals surface area contributed by atoms with Crippen molar-refractivity contribution in [3.8, 4) is 0 Å². The molecule has 0 aromatic heterocycles. The van der Waals surface area contributed by atoms with Crippen LogP contribution in [-0.2, 0) is 19.1 Å². The van der Waals surface area contributed by atoms with Crippen LogP contribution in [0.4, 0.5) is 0 Å². The van der Waals surface area contributed by atoms with Gasteiger partial charge in [-0.1, -0.05) is 27.2 Å². The summed E-state index contributed by atoms with van der Waals surface area (Å²) >= 11 is 0. The van der Waals surface area contributed by atoms with E-state index in [0.717, 1.165) is 19.3 Å². The van der Waals surface area contributed by atoms with E-state index in [1.165, 1.54) is 6.42 Å². The molecule has 2 unspecified atom stereocenters. The average molecular weight is 270 g/mol. The van der Waals surface area contributed by atoms with Gasteiger partial charge in [-0.2, -0.15) is 0 Å². The van der Waals surface area contributed by atoms with Gasteiger partial charge in [-0.15, -0.1) is 0 Å². The molecule has 0 saturated heterocycles. The molecule has 1 saturated carbocycles. The Morgan fingerprint density at radius 2 is 1.95 bits per heavy atom. The van der Waals surface area contributed by atoms with Gasteiger partial charge in [0, 0.05) is 0 Å². The molecule has 0 aliphatic heterocycles. The fraction of sp³-hybridized carbons (Fsp3) is 0.867. The lowest BCUT2D eigenvalue weighted by Gasteiger charge is -2.28. The molecule has 0 spiro atoms. The van der Waals surface area contributed by atoms with Crippen molar-refractivity contribution in [3.63, 3.8) is 0 Å². The lowest BCUT2D eigenvalue weighted by molar-refractivity contribution is -0.160. The Balaban J connectivity index is 2.53. The van der Waals surface area contributed by atoms with E-state index in [1.807, 2.05) is 0 Å². The number of rotatable bonds is 4. The second kappa shape index (κ2) is 6.92. The van der Waals surface area contributed by atoms with Gasteiger partial charge in [0.1, 0.15) is 12.5 Å². The summed E-state index contributed by atoms with van der Waals surface area (Å²) in [4.78, 5) is 23.0. The Morgan fingerprint density at radius 1 is 1.26 bits per heavy atom. The van der Waals surface area contributed by atoms with Crippen molar-refractivity contribution >= 4 is 11.9 Å². The second-order valence-electron chi connectivity index (χ2n) is 6.25. The third kappa shape index (κ3) is 5.62. The summed E-state index contributed by atoms with van der Waals surface area (Å²) < 4.78 is 10.3. The molecule has 0 aromatic carbocycles. The highest BCUT2D eigenvalue weighted by Gasteiger charge is 2.32. The third-order valence-corrected chi connectivity index (χ3v) is 3.78. The van der Waals surface area contributed by atoms with Crippen molar-refractivity contribution in [3.05, 3.63) is 0 Å². The van der Waals surface area contributed by atoms with E-state index in [2.05, 4.69) is 20.8 Å². The number of carbonyl (C=O) groups is 2. The normalized spacial score (nSPS) is 26.3. The van der Waals surface area contributed by atoms with E-state index in [9.17, 15) is 9.59 Å². The molecule has 1 aliphatic rings. The van der Waals surface area contributed by atoms with Crippen LogP contribution in [0.5, 0.6) is 0 Å². The maximum atomic E-state index is 11.7. The molecule has 110 valence electrons. The van der Waals surface area contributed by atoms with Crippen LogP contribution in [0.1, 0.15) is 59.8 Å². The molecule has 1 aliphatic carbocycles. The molecule has 2 atom stereocenters. The molecule has 0 heterocycles. The van der Waals surface area contributed by atoms with E-state index in [4.69, 9.17) is 9.47 Å². The molecule has 0 aromatic rings. The van der Waals surface area contributed by atoms with Crippen LogP contribution < -0.4 is 0 Å². The number of hydrogen-bond acceptors (Lipinski definition) is 4. The highest BCUT2D eigenvalue weighted by Crippen LogP contribution is 2.37. The molecule has 0 bridgehead atoms. The van der Waals surface area contributed by atoms with Gasteiger partial charge in [0.05, 0.1) is 6.61 Å². The van der Waals surface area contributed by atoms with Gasteiger partial charge in [0.25, 0.3) is 0 Å². The first kappa shape index (κ1) is 16.0. The van der Waals surface area contributed by atoms with Gasteiger partial charge < -0.3 is 9.47 Å². The molecule has 0 radical (unpaired) electrons. The smallest absolute Gasteiger partial charge is 0.317 e. The van der Waals surface area contributed by atoms with Crippen molar-refractivity contribution in [1.29, 1.82) is 0 Å². The molecular formula is C15H26O4. The fourth-order valence-corrected chi connectivity index (χ4v) is 2.63. The predicted octanol–water partition coefficient (Wildman–Crippen LogP) is 3.09. The largest absolute Gasteiger partial charge is 0.466 e. The van der Waals surface area contributed by atoms with Crippen molar-refractivity contribution in [2.75, 3.05) is 6.61 Å². The predicted molar refractivity (Wildman–Crippen MR) is 72.5 cm³/mol. The van der Waals surface area contributed by atoms with Crippen molar-refractivity contribution in [2.45, 2.75) is 65.9 Å². The van der Waals surface area contributed by atoms with Gasteiger partial charge in [-0.25, -0.2) is 0 Å². The molecule has 4 heteroatoms. The topological polar surface area (TPSA) is 52.6 Å². The molecule has 4 nitrogen and oxygen atoms in total. The van der Waals surface area contributed by atoms with Gasteiger partial charge in [-0.05, 0) is 37.5 Å². The van der Waals surface area contributed by atoms with Gasteiger partial charge >= 0.3 is 11.9 Å². The van der Waals surface area contributed by atoms with Crippen LogP contribution in [0, 0.1) is 11.3 Å². The maximum absolute atomic E-state index is 11.7. The summed E-state index contributed by atoms with van der Waals surface area (Å²) in [5, 5.41) is 0. The second-order valence-corrected chi connectivity index (χ2v) is 6.25. The zero-order valence-electron chi connectivity index (χ0n) is 12.5. The van der Waals surface area contributed by atoms with E-state index in [0.29, 0.717) is 12.5 Å². The Hall–Kier alpha value is -1.06. The Morgan fingerprint density at radius 3 is 2.58 bits per heavy atom. The Kier molecular flexibility index (Phi) is 5.83. The monoisotopic (exact) mass is 270 g/mol. The minimum atomic E-state index is -0.506. The van der Waals surface area contributed by atoms with E-state index in [1.54, 1.807) is 6.92 Å². The maximum Gasteiger partial charge on any atom is 0.317 e. The first-order valence-electron chi connectivity index (χ1n) is 7.19. The summed E-state index contributed by atoms with van der Waals surface area (Å²) in [5.41, 5.74) is 0.194. The Bertz CT molecular complexity index is 322. The number of hydrogen-bond donors (Lipinski definition) is 0. The molecule has 0 N–H and O–H groups in total. The summed E-state index contributed by atoms with van der Waals surface area (Å²) in [6, 6.07) is 0. The van der Waals surface area contributed by atoms with Crippen LogP contribution in [0.25, 0.3) is 0 Å². The average Bonchev–Trinajstić information content (AvgIpc) is 2.38. The van der Waals surface area contributed by atoms with Gasteiger partial charge in [-0.3, -0.25) is 9.59 Å². The summed E-state index contributed by atoms with van der Waals surface area (Å²) in [6.07, 6.45) is 3.89. The molecule has 19 heavy (non-hydrogen) atoms. The molecular weight excluding hydrogens is 244 g/mol. The minimum Gasteiger partial charge on any atom is -0.466 e. The van der Waals surface area contributed by atoms with E-state index >= 15 is 0 Å². The first-order chi connectivity index (χ1) is 8.84. The highest BCUT2D eigenvalue weighted by atomic mass is 16.6.